The van der Waals surface area contributed by atoms with Crippen molar-refractivity contribution in [2.24, 2.45) is 11.7 Å². The van der Waals surface area contributed by atoms with E-state index in [0.717, 1.165) is 19.4 Å². The first-order valence-corrected chi connectivity index (χ1v) is 6.38. The van der Waals surface area contributed by atoms with Crippen LogP contribution < -0.4 is 11.1 Å². The molecular formula is C14H20N2O2. The minimum atomic E-state index is -0.908. The Balaban J connectivity index is 1.92. The van der Waals surface area contributed by atoms with E-state index in [2.05, 4.69) is 30.4 Å². The van der Waals surface area contributed by atoms with E-state index in [0.29, 0.717) is 12.3 Å². The van der Waals surface area contributed by atoms with Crippen molar-refractivity contribution in [1.82, 2.24) is 0 Å². The molecule has 4 N–H and O–H groups in total. The van der Waals surface area contributed by atoms with Crippen molar-refractivity contribution in [3.63, 3.8) is 0 Å². The highest BCUT2D eigenvalue weighted by atomic mass is 16.4. The lowest BCUT2D eigenvalue weighted by Crippen LogP contribution is -2.32. The Kier molecular flexibility index (Phi) is 3.87. The van der Waals surface area contributed by atoms with Gasteiger partial charge in [0, 0.05) is 12.2 Å². The summed E-state index contributed by atoms with van der Waals surface area (Å²) in [5.74, 6) is -0.430. The summed E-state index contributed by atoms with van der Waals surface area (Å²) >= 11 is 0. The lowest BCUT2D eigenvalue weighted by molar-refractivity contribution is -0.138. The van der Waals surface area contributed by atoms with Crippen LogP contribution in [0, 0.1) is 12.8 Å². The average Bonchev–Trinajstić information content (AvgIpc) is 2.35. The highest BCUT2D eigenvalue weighted by Gasteiger charge is 2.20. The lowest BCUT2D eigenvalue weighted by atomic mass is 9.89. The molecule has 0 amide bonds. The fraction of sp³-hybridized carbons (Fsp3) is 0.500. The van der Waals surface area contributed by atoms with Crippen LogP contribution in [0.4, 0.5) is 5.69 Å². The van der Waals surface area contributed by atoms with Crippen LogP contribution in [0.1, 0.15) is 24.0 Å². The minimum absolute atomic E-state index is 0.477. The van der Waals surface area contributed by atoms with Gasteiger partial charge in [-0.25, -0.2) is 0 Å². The molecule has 4 nitrogen and oxygen atoms in total. The monoisotopic (exact) mass is 248 g/mol. The van der Waals surface area contributed by atoms with E-state index < -0.39 is 12.0 Å². The number of carboxylic acids is 1. The molecule has 1 aliphatic heterocycles. The number of carbonyl (C=O) groups is 1. The van der Waals surface area contributed by atoms with Crippen LogP contribution >= 0.6 is 0 Å². The first kappa shape index (κ1) is 12.9. The average molecular weight is 248 g/mol. The van der Waals surface area contributed by atoms with Gasteiger partial charge in [0.1, 0.15) is 6.04 Å². The van der Waals surface area contributed by atoms with E-state index in [1.165, 1.54) is 16.8 Å². The zero-order valence-corrected chi connectivity index (χ0v) is 10.6. The molecule has 98 valence electrons. The second-order valence-electron chi connectivity index (χ2n) is 5.13. The maximum absolute atomic E-state index is 10.7. The molecule has 0 aliphatic carbocycles. The van der Waals surface area contributed by atoms with Crippen LogP contribution in [0.3, 0.4) is 0 Å². The van der Waals surface area contributed by atoms with Crippen LogP contribution in [0.2, 0.25) is 0 Å². The van der Waals surface area contributed by atoms with Crippen molar-refractivity contribution in [3.8, 4) is 0 Å². The number of aliphatic carboxylic acids is 1. The largest absolute Gasteiger partial charge is 0.480 e. The summed E-state index contributed by atoms with van der Waals surface area (Å²) in [5, 5.41) is 12.2. The molecule has 0 radical (unpaired) electrons. The molecule has 1 aromatic carbocycles. The lowest BCUT2D eigenvalue weighted by Gasteiger charge is -2.27. The summed E-state index contributed by atoms with van der Waals surface area (Å²) in [6.07, 6.45) is 2.41. The standard InChI is InChI=1S/C14H20N2O2/c1-9-2-4-11-7-10(8-16-13(11)6-9)3-5-12(15)14(17)18/h2,4,6,10,12,16H,3,5,7-8,15H2,1H3,(H,17,18)/t10-,12-/m0/s1. The van der Waals surface area contributed by atoms with Crippen LogP contribution in [0.5, 0.6) is 0 Å². The number of rotatable bonds is 4. The minimum Gasteiger partial charge on any atom is -0.480 e. The zero-order valence-electron chi connectivity index (χ0n) is 10.6. The third-order valence-corrected chi connectivity index (χ3v) is 3.56. The summed E-state index contributed by atoms with van der Waals surface area (Å²) in [5.41, 5.74) is 9.32. The fourth-order valence-corrected chi connectivity index (χ4v) is 2.41. The number of aryl methyl sites for hydroxylation is 1. The molecular weight excluding hydrogens is 228 g/mol. The van der Waals surface area contributed by atoms with E-state index in [-0.39, 0.29) is 0 Å². The maximum Gasteiger partial charge on any atom is 0.320 e. The van der Waals surface area contributed by atoms with Crippen molar-refractivity contribution in [2.75, 3.05) is 11.9 Å². The van der Waals surface area contributed by atoms with E-state index in [4.69, 9.17) is 10.8 Å². The quantitative estimate of drug-likeness (QED) is 0.759. The van der Waals surface area contributed by atoms with E-state index in [9.17, 15) is 4.79 Å². The molecule has 2 atom stereocenters. The summed E-state index contributed by atoms with van der Waals surface area (Å²) in [6, 6.07) is 5.70. The second-order valence-corrected chi connectivity index (χ2v) is 5.13. The van der Waals surface area contributed by atoms with Gasteiger partial charge in [-0.1, -0.05) is 12.1 Å². The highest BCUT2D eigenvalue weighted by Crippen LogP contribution is 2.27. The van der Waals surface area contributed by atoms with E-state index in [1.54, 1.807) is 0 Å². The van der Waals surface area contributed by atoms with Gasteiger partial charge in [0.15, 0.2) is 0 Å². The van der Waals surface area contributed by atoms with Crippen LogP contribution in [0.25, 0.3) is 0 Å². The van der Waals surface area contributed by atoms with Gasteiger partial charge in [0.2, 0.25) is 0 Å². The number of nitrogens with two attached hydrogens (primary N) is 1. The van der Waals surface area contributed by atoms with Gasteiger partial charge in [-0.2, -0.15) is 0 Å². The van der Waals surface area contributed by atoms with E-state index >= 15 is 0 Å². The molecule has 0 fully saturated rings. The number of hydrogen-bond acceptors (Lipinski definition) is 3. The molecule has 4 heteroatoms. The Morgan fingerprint density at radius 3 is 3.11 bits per heavy atom. The Morgan fingerprint density at radius 2 is 2.39 bits per heavy atom. The molecule has 1 aliphatic rings. The van der Waals surface area contributed by atoms with Crippen LogP contribution in [-0.4, -0.2) is 23.7 Å². The van der Waals surface area contributed by atoms with Crippen LogP contribution in [-0.2, 0) is 11.2 Å². The summed E-state index contributed by atoms with van der Waals surface area (Å²) < 4.78 is 0. The second kappa shape index (κ2) is 5.40. The number of carboxylic acid groups (broad SMARTS) is 1. The van der Waals surface area contributed by atoms with E-state index in [1.807, 2.05) is 0 Å². The van der Waals surface area contributed by atoms with Crippen molar-refractivity contribution in [2.45, 2.75) is 32.2 Å². The Labute approximate surface area is 107 Å². The van der Waals surface area contributed by atoms with Crippen LogP contribution in [0.15, 0.2) is 18.2 Å². The molecule has 0 aromatic heterocycles. The number of nitrogens with one attached hydrogen (secondary N) is 1. The van der Waals surface area contributed by atoms with Crippen molar-refractivity contribution < 1.29 is 9.90 Å². The number of benzene rings is 1. The normalized spacial score (nSPS) is 19.8. The molecule has 18 heavy (non-hydrogen) atoms. The molecule has 0 saturated heterocycles. The van der Waals surface area contributed by atoms with Gasteiger partial charge in [0.25, 0.3) is 0 Å². The third kappa shape index (κ3) is 3.01. The Bertz CT molecular complexity index is 445. The SMILES string of the molecule is Cc1ccc2c(c1)NC[C@@H](CC[C@H](N)C(=O)O)C2. The predicted octanol–water partition coefficient (Wildman–Crippen LogP) is 1.77. The number of hydrogen-bond donors (Lipinski definition) is 3. The number of anilines is 1. The summed E-state index contributed by atoms with van der Waals surface area (Å²) in [7, 11) is 0. The molecule has 1 aromatic rings. The van der Waals surface area contributed by atoms with Gasteiger partial charge in [-0.15, -0.1) is 0 Å². The molecule has 0 bridgehead atoms. The highest BCUT2D eigenvalue weighted by molar-refractivity contribution is 5.72. The van der Waals surface area contributed by atoms with Crippen molar-refractivity contribution in [3.05, 3.63) is 29.3 Å². The molecule has 2 rings (SSSR count). The first-order chi connectivity index (χ1) is 8.56. The molecule has 0 saturated carbocycles. The Hall–Kier alpha value is -1.55. The first-order valence-electron chi connectivity index (χ1n) is 6.38. The fourth-order valence-electron chi connectivity index (χ4n) is 2.41. The maximum atomic E-state index is 10.7. The van der Waals surface area contributed by atoms with Crippen molar-refractivity contribution in [1.29, 1.82) is 0 Å². The molecule has 1 heterocycles. The third-order valence-electron chi connectivity index (χ3n) is 3.56. The predicted molar refractivity (Wildman–Crippen MR) is 71.7 cm³/mol. The smallest absolute Gasteiger partial charge is 0.320 e. The molecule has 0 spiro atoms. The summed E-state index contributed by atoms with van der Waals surface area (Å²) in [4.78, 5) is 10.7. The zero-order chi connectivity index (χ0) is 13.1. The van der Waals surface area contributed by atoms with Gasteiger partial charge < -0.3 is 16.2 Å². The van der Waals surface area contributed by atoms with Gasteiger partial charge >= 0.3 is 5.97 Å². The number of fused-ring (bicyclic) bond motifs is 1. The Morgan fingerprint density at radius 1 is 1.61 bits per heavy atom. The topological polar surface area (TPSA) is 75.3 Å². The molecule has 0 unspecified atom stereocenters. The van der Waals surface area contributed by atoms with Crippen molar-refractivity contribution >= 4 is 11.7 Å². The van der Waals surface area contributed by atoms with Gasteiger partial charge in [-0.3, -0.25) is 4.79 Å². The van der Waals surface area contributed by atoms with Gasteiger partial charge in [0.05, 0.1) is 0 Å². The summed E-state index contributed by atoms with van der Waals surface area (Å²) in [6.45, 7) is 2.99. The van der Waals surface area contributed by atoms with Gasteiger partial charge in [-0.05, 0) is 49.3 Å².